The molecule has 4 aromatic rings. The van der Waals surface area contributed by atoms with Gasteiger partial charge in [0.1, 0.15) is 11.6 Å². The number of aliphatic carboxylic acids is 1. The van der Waals surface area contributed by atoms with Crippen LogP contribution >= 0.6 is 11.5 Å². The van der Waals surface area contributed by atoms with Crippen LogP contribution < -0.4 is 11.5 Å². The fourth-order valence-corrected chi connectivity index (χ4v) is 3.69. The Kier molecular flexibility index (Phi) is 6.30. The molecule has 0 saturated carbocycles. The molecule has 6 N–H and O–H groups in total. The quantitative estimate of drug-likeness (QED) is 0.194. The van der Waals surface area contributed by atoms with Crippen molar-refractivity contribution >= 4 is 44.9 Å². The van der Waals surface area contributed by atoms with Gasteiger partial charge in [-0.25, -0.2) is 9.18 Å². The summed E-state index contributed by atoms with van der Waals surface area (Å²) >= 11 is 1.20. The molecule has 0 aliphatic rings. The number of carbonyl (C=O) groups is 2. The van der Waals surface area contributed by atoms with Crippen LogP contribution in [0.15, 0.2) is 30.7 Å². The molecule has 9 nitrogen and oxygen atoms in total. The van der Waals surface area contributed by atoms with Gasteiger partial charge in [-0.1, -0.05) is 0 Å². The van der Waals surface area contributed by atoms with Crippen LogP contribution in [0, 0.1) is 5.82 Å². The second-order valence-electron chi connectivity index (χ2n) is 6.56. The fraction of sp³-hybridized carbons (Fsp3) is 0.105. The Hall–Kier alpha value is -4.07. The number of carbonyl (C=O) groups excluding carboxylic acids is 1. The molecule has 0 aliphatic carbocycles. The first-order valence-electron chi connectivity index (χ1n) is 8.85. The molecule has 0 saturated heterocycles. The lowest BCUT2D eigenvalue weighted by molar-refractivity contribution is -0.192. The predicted molar refractivity (Wildman–Crippen MR) is 113 cm³/mol. The van der Waals surface area contributed by atoms with Gasteiger partial charge < -0.3 is 16.6 Å². The largest absolute Gasteiger partial charge is 0.490 e. The van der Waals surface area contributed by atoms with Gasteiger partial charge in [0, 0.05) is 40.3 Å². The molecule has 0 fully saturated rings. The van der Waals surface area contributed by atoms with Gasteiger partial charge in [0.2, 0.25) is 0 Å². The Bertz CT molecular complexity index is 1350. The molecule has 0 unspecified atom stereocenters. The molecule has 0 atom stereocenters. The maximum Gasteiger partial charge on any atom is 0.490 e. The molecule has 14 heteroatoms. The number of halogens is 4. The number of Topliss-reactive ketones (excluding diaryl/α,β-unsaturated/α-hetero) is 1. The Morgan fingerprint density at radius 2 is 1.82 bits per heavy atom. The van der Waals surface area contributed by atoms with Gasteiger partial charge in [-0.15, -0.1) is 0 Å². The van der Waals surface area contributed by atoms with E-state index in [0.717, 1.165) is 21.9 Å². The molecular formula is C19H14F4N6O3S. The third-order valence-electron chi connectivity index (χ3n) is 4.35. The summed E-state index contributed by atoms with van der Waals surface area (Å²) < 4.78 is 51.3. The number of aromatic amines is 1. The highest BCUT2D eigenvalue weighted by atomic mass is 32.1. The zero-order valence-corrected chi connectivity index (χ0v) is 17.4. The van der Waals surface area contributed by atoms with Gasteiger partial charge >= 0.3 is 12.1 Å². The maximum atomic E-state index is 14.6. The topological polar surface area (TPSA) is 161 Å². The average molecular weight is 482 g/mol. The van der Waals surface area contributed by atoms with Gasteiger partial charge in [-0.05, 0) is 30.6 Å². The van der Waals surface area contributed by atoms with Crippen LogP contribution in [0.25, 0.3) is 32.5 Å². The highest BCUT2D eigenvalue weighted by Crippen LogP contribution is 2.40. The first-order chi connectivity index (χ1) is 15.4. The molecule has 3 heterocycles. The highest BCUT2D eigenvalue weighted by Gasteiger charge is 2.38. The second-order valence-corrected chi connectivity index (χ2v) is 7.33. The fourth-order valence-electron chi connectivity index (χ4n) is 2.85. The number of alkyl halides is 3. The van der Waals surface area contributed by atoms with E-state index < -0.39 is 18.0 Å². The Morgan fingerprint density at radius 1 is 1.15 bits per heavy atom. The van der Waals surface area contributed by atoms with Crippen molar-refractivity contribution in [2.75, 3.05) is 11.5 Å². The summed E-state index contributed by atoms with van der Waals surface area (Å²) in [7, 11) is 0. The molecule has 0 aliphatic heterocycles. The van der Waals surface area contributed by atoms with E-state index in [-0.39, 0.29) is 28.4 Å². The van der Waals surface area contributed by atoms with Gasteiger partial charge in [0.05, 0.1) is 22.0 Å². The van der Waals surface area contributed by atoms with Crippen LogP contribution in [0.4, 0.5) is 29.1 Å². The summed E-state index contributed by atoms with van der Waals surface area (Å²) in [5.74, 6) is -3.35. The number of hydrogen-bond acceptors (Lipinski definition) is 8. The smallest absolute Gasteiger partial charge is 0.475 e. The molecule has 3 aromatic heterocycles. The minimum Gasteiger partial charge on any atom is -0.475 e. The molecule has 4 rings (SSSR count). The summed E-state index contributed by atoms with van der Waals surface area (Å²) in [5, 5.41) is 14.3. The lowest BCUT2D eigenvalue weighted by atomic mass is 9.99. The summed E-state index contributed by atoms with van der Waals surface area (Å²) in [6.45, 7) is 1.37. The number of benzene rings is 1. The number of rotatable bonds is 3. The van der Waals surface area contributed by atoms with Gasteiger partial charge in [-0.3, -0.25) is 14.9 Å². The number of aromatic nitrogens is 4. The van der Waals surface area contributed by atoms with Crippen molar-refractivity contribution in [3.05, 3.63) is 42.1 Å². The van der Waals surface area contributed by atoms with E-state index in [1.54, 1.807) is 18.6 Å². The van der Waals surface area contributed by atoms with Gasteiger partial charge in [0.25, 0.3) is 0 Å². The van der Waals surface area contributed by atoms with E-state index in [4.69, 9.17) is 21.4 Å². The Labute approximate surface area is 186 Å². The molecule has 0 spiro atoms. The first kappa shape index (κ1) is 23.6. The van der Waals surface area contributed by atoms with E-state index in [1.807, 2.05) is 0 Å². The van der Waals surface area contributed by atoms with Crippen molar-refractivity contribution in [1.82, 2.24) is 19.6 Å². The van der Waals surface area contributed by atoms with E-state index in [2.05, 4.69) is 19.6 Å². The minimum atomic E-state index is -5.08. The van der Waals surface area contributed by atoms with E-state index in [1.165, 1.54) is 24.5 Å². The Balaban J connectivity index is 0.000000383. The van der Waals surface area contributed by atoms with Crippen LogP contribution in [0.5, 0.6) is 0 Å². The van der Waals surface area contributed by atoms with Crippen LogP contribution in [-0.2, 0) is 4.79 Å². The molecule has 172 valence electrons. The van der Waals surface area contributed by atoms with E-state index in [9.17, 15) is 22.4 Å². The van der Waals surface area contributed by atoms with Crippen molar-refractivity contribution in [3.8, 4) is 22.4 Å². The summed E-state index contributed by atoms with van der Waals surface area (Å²) in [4.78, 5) is 25.1. The number of carboxylic acids is 1. The molecule has 33 heavy (non-hydrogen) atoms. The van der Waals surface area contributed by atoms with Gasteiger partial charge in [0.15, 0.2) is 5.78 Å². The monoisotopic (exact) mass is 482 g/mol. The maximum absolute atomic E-state index is 14.6. The van der Waals surface area contributed by atoms with Crippen LogP contribution in [0.2, 0.25) is 0 Å². The zero-order chi connectivity index (χ0) is 24.5. The lowest BCUT2D eigenvalue weighted by Gasteiger charge is -2.10. The standard InChI is InChI=1S/C17H13FN6OS.C2HF3O2/c1-7(25)9-2-10(12(18)3-13(9)19)15-14-16(26-24-17(14)20)11(6-21-15)8-4-22-23-5-8;3-2(4,5)1(6)7/h2-6H,19H2,1H3,(H2,20,24)(H,22,23);(H,6,7). The minimum absolute atomic E-state index is 0.0847. The van der Waals surface area contributed by atoms with Crippen LogP contribution in [0.1, 0.15) is 17.3 Å². The number of nitrogen functional groups attached to an aromatic ring is 2. The van der Waals surface area contributed by atoms with Crippen LogP contribution in [-0.4, -0.2) is 42.6 Å². The molecule has 0 radical (unpaired) electrons. The molecular weight excluding hydrogens is 468 g/mol. The zero-order valence-electron chi connectivity index (χ0n) is 16.6. The average Bonchev–Trinajstić information content (AvgIpc) is 3.38. The summed E-state index contributed by atoms with van der Waals surface area (Å²) in [6.07, 6.45) is -0.0865. The predicted octanol–water partition coefficient (Wildman–Crippen LogP) is 3.89. The number of anilines is 2. The molecule has 0 amide bonds. The van der Waals surface area contributed by atoms with Crippen molar-refractivity contribution in [2.45, 2.75) is 13.1 Å². The van der Waals surface area contributed by atoms with Crippen molar-refractivity contribution in [1.29, 1.82) is 0 Å². The number of carboxylic acid groups (broad SMARTS) is 1. The van der Waals surface area contributed by atoms with Crippen LogP contribution in [0.3, 0.4) is 0 Å². The number of fused-ring (bicyclic) bond motifs is 1. The SMILES string of the molecule is CC(=O)c1cc(-c2ncc(-c3cn[nH]c3)c3snc(N)c23)c(F)cc1N.O=C(O)C(F)(F)F. The first-order valence-corrected chi connectivity index (χ1v) is 9.62. The number of ketones is 1. The summed E-state index contributed by atoms with van der Waals surface area (Å²) in [5.41, 5.74) is 14.2. The number of pyridine rings is 1. The number of nitrogens with zero attached hydrogens (tertiary/aromatic N) is 3. The number of nitrogens with two attached hydrogens (primary N) is 2. The second kappa shape index (κ2) is 8.82. The third kappa shape index (κ3) is 4.74. The highest BCUT2D eigenvalue weighted by molar-refractivity contribution is 7.14. The van der Waals surface area contributed by atoms with Crippen molar-refractivity contribution in [2.24, 2.45) is 0 Å². The molecule has 0 bridgehead atoms. The normalized spacial score (nSPS) is 11.2. The summed E-state index contributed by atoms with van der Waals surface area (Å²) in [6, 6.07) is 2.53. The van der Waals surface area contributed by atoms with E-state index in [0.29, 0.717) is 11.1 Å². The van der Waals surface area contributed by atoms with E-state index >= 15 is 0 Å². The molecule has 1 aromatic carbocycles. The number of hydrogen-bond donors (Lipinski definition) is 4. The van der Waals surface area contributed by atoms with Crippen molar-refractivity contribution in [3.63, 3.8) is 0 Å². The number of nitrogens with one attached hydrogen (secondary N) is 1. The van der Waals surface area contributed by atoms with Crippen molar-refractivity contribution < 1.29 is 32.3 Å². The third-order valence-corrected chi connectivity index (χ3v) is 5.24. The Morgan fingerprint density at radius 3 is 2.36 bits per heavy atom. The lowest BCUT2D eigenvalue weighted by Crippen LogP contribution is -2.21. The van der Waals surface area contributed by atoms with Gasteiger partial charge in [-0.2, -0.15) is 22.6 Å². The number of H-pyrrole nitrogens is 1.